The van der Waals surface area contributed by atoms with Gasteiger partial charge in [-0.15, -0.1) is 5.10 Å². The Labute approximate surface area is 223 Å². The molecule has 1 unspecified atom stereocenters. The summed E-state index contributed by atoms with van der Waals surface area (Å²) in [7, 11) is -1.68. The number of nitrogens with zero attached hydrogens (tertiary/aromatic N) is 2. The van der Waals surface area contributed by atoms with Gasteiger partial charge >= 0.3 is 0 Å². The molecule has 0 saturated heterocycles. The number of halogens is 1. The van der Waals surface area contributed by atoms with Gasteiger partial charge in [-0.2, -0.15) is 4.39 Å². The smallest absolute Gasteiger partial charge is 0.240 e. The van der Waals surface area contributed by atoms with E-state index in [0.717, 1.165) is 55.4 Å². The van der Waals surface area contributed by atoms with E-state index in [1.165, 1.54) is 6.66 Å². The van der Waals surface area contributed by atoms with Gasteiger partial charge in [0.05, 0.1) is 37.6 Å². The molecule has 0 bridgehead atoms. The highest BCUT2D eigenvalue weighted by Gasteiger charge is 2.29. The number of aliphatic hydroxyl groups excluding tert-OH is 1. The topological polar surface area (TPSA) is 93.8 Å². The van der Waals surface area contributed by atoms with Gasteiger partial charge < -0.3 is 19.5 Å². The second-order valence-corrected chi connectivity index (χ2v) is 13.3. The molecule has 0 radical (unpaired) electrons. The van der Waals surface area contributed by atoms with Crippen molar-refractivity contribution in [3.8, 4) is 22.6 Å². The summed E-state index contributed by atoms with van der Waals surface area (Å²) in [6, 6.07) is 13.3. The van der Waals surface area contributed by atoms with Gasteiger partial charge in [0, 0.05) is 12.9 Å². The van der Waals surface area contributed by atoms with E-state index in [1.54, 1.807) is 30.0 Å². The fraction of sp³-hybridized carbons (Fsp3) is 0.483. The maximum Gasteiger partial charge on any atom is 0.240 e. The molecular weight excluding hydrogens is 506 g/mol. The first-order valence-electron chi connectivity index (χ1n) is 13.3. The Balaban J connectivity index is 1.23. The van der Waals surface area contributed by atoms with E-state index < -0.39 is 19.4 Å². The van der Waals surface area contributed by atoms with Crippen LogP contribution in [-0.4, -0.2) is 46.3 Å². The Morgan fingerprint density at radius 3 is 2.53 bits per heavy atom. The molecule has 1 heterocycles. The van der Waals surface area contributed by atoms with Crippen molar-refractivity contribution in [2.24, 2.45) is 5.92 Å². The molecule has 2 fully saturated rings. The van der Waals surface area contributed by atoms with Crippen molar-refractivity contribution in [1.29, 1.82) is 0 Å². The number of benzene rings is 2. The Kier molecular flexibility index (Phi) is 7.94. The molecule has 2 aliphatic carbocycles. The molecule has 2 atom stereocenters. The normalized spacial score (nSPS) is 22.0. The maximum absolute atomic E-state index is 14.9. The third kappa shape index (κ3) is 6.48. The zero-order chi connectivity index (χ0) is 26.9. The largest absolute Gasteiger partial charge is 0.497 e. The first kappa shape index (κ1) is 26.9. The minimum Gasteiger partial charge on any atom is -0.497 e. The van der Waals surface area contributed by atoms with Gasteiger partial charge in [-0.25, -0.2) is 0 Å². The standard InChI is InChI=1S/C29H36FN2O5P/c1-36-23-12-13-25(27-16-32(22-10-11-22)31-29(27)30)26(15-23)20-8-6-19(7-9-20)17-37-24-5-3-4-21(14-24)28(33)18-38(2,34)35/h3-5,12-16,19-20,22,28,33H,6-11,17-18H2,1-2H3,(H,34,35)/t19?,20?,28-/m1/s1. The molecule has 5 rings (SSSR count). The zero-order valence-corrected chi connectivity index (χ0v) is 22.8. The lowest BCUT2D eigenvalue weighted by molar-refractivity contribution is 0.192. The molecule has 38 heavy (non-hydrogen) atoms. The molecule has 2 aliphatic rings. The van der Waals surface area contributed by atoms with Crippen LogP contribution in [0.3, 0.4) is 0 Å². The van der Waals surface area contributed by atoms with E-state index in [9.17, 15) is 19.0 Å². The van der Waals surface area contributed by atoms with Gasteiger partial charge in [-0.05, 0) is 91.3 Å². The molecule has 0 aliphatic heterocycles. The summed E-state index contributed by atoms with van der Waals surface area (Å²) in [5, 5.41) is 14.4. The Bertz CT molecular complexity index is 1310. The summed E-state index contributed by atoms with van der Waals surface area (Å²) in [5.41, 5.74) is 3.13. The molecule has 0 spiro atoms. The second kappa shape index (κ2) is 11.2. The van der Waals surface area contributed by atoms with Crippen LogP contribution in [0.1, 0.15) is 67.7 Å². The number of aliphatic hydroxyl groups is 1. The van der Waals surface area contributed by atoms with Crippen molar-refractivity contribution in [1.82, 2.24) is 9.78 Å². The van der Waals surface area contributed by atoms with Crippen LogP contribution in [0.5, 0.6) is 11.5 Å². The van der Waals surface area contributed by atoms with E-state index in [2.05, 4.69) is 5.10 Å². The molecule has 9 heteroatoms. The fourth-order valence-electron chi connectivity index (χ4n) is 5.42. The van der Waals surface area contributed by atoms with E-state index in [4.69, 9.17) is 9.47 Å². The second-order valence-electron chi connectivity index (χ2n) is 10.8. The van der Waals surface area contributed by atoms with Gasteiger partial charge in [0.15, 0.2) is 0 Å². The molecular formula is C29H36FN2O5P. The van der Waals surface area contributed by atoms with Crippen molar-refractivity contribution >= 4 is 7.37 Å². The highest BCUT2D eigenvalue weighted by Crippen LogP contribution is 2.43. The Morgan fingerprint density at radius 2 is 1.84 bits per heavy atom. The summed E-state index contributed by atoms with van der Waals surface area (Å²) in [6.07, 6.45) is 6.66. The minimum atomic E-state index is -3.33. The monoisotopic (exact) mass is 542 g/mol. The van der Waals surface area contributed by atoms with Crippen LogP contribution in [0.2, 0.25) is 0 Å². The maximum atomic E-state index is 14.9. The summed E-state index contributed by atoms with van der Waals surface area (Å²) in [6.45, 7) is 1.81. The summed E-state index contributed by atoms with van der Waals surface area (Å²) < 4.78 is 39.9. The lowest BCUT2D eigenvalue weighted by atomic mass is 9.77. The average Bonchev–Trinajstić information content (AvgIpc) is 3.68. The van der Waals surface area contributed by atoms with Crippen LogP contribution >= 0.6 is 7.37 Å². The summed E-state index contributed by atoms with van der Waals surface area (Å²) in [4.78, 5) is 9.58. The number of hydrogen-bond acceptors (Lipinski definition) is 5. The van der Waals surface area contributed by atoms with Crippen molar-refractivity contribution in [3.63, 3.8) is 0 Å². The molecule has 2 saturated carbocycles. The fourth-order valence-corrected chi connectivity index (χ4v) is 6.27. The van der Waals surface area contributed by atoms with Crippen LogP contribution < -0.4 is 9.47 Å². The van der Waals surface area contributed by atoms with Crippen LogP contribution in [0, 0.1) is 11.9 Å². The van der Waals surface area contributed by atoms with Crippen molar-refractivity contribution in [2.45, 2.75) is 56.6 Å². The number of rotatable bonds is 10. The molecule has 2 N–H and O–H groups in total. The van der Waals surface area contributed by atoms with Crippen molar-refractivity contribution < 1.29 is 28.4 Å². The van der Waals surface area contributed by atoms with Crippen LogP contribution in [0.15, 0.2) is 48.7 Å². The highest BCUT2D eigenvalue weighted by atomic mass is 31.2. The predicted octanol–water partition coefficient (Wildman–Crippen LogP) is 6.32. The van der Waals surface area contributed by atoms with E-state index in [0.29, 0.717) is 41.4 Å². The van der Waals surface area contributed by atoms with E-state index >= 15 is 0 Å². The van der Waals surface area contributed by atoms with Gasteiger partial charge in [0.1, 0.15) is 11.5 Å². The van der Waals surface area contributed by atoms with Crippen LogP contribution in [0.4, 0.5) is 4.39 Å². The number of hydrogen-bond donors (Lipinski definition) is 2. The third-order valence-corrected chi connectivity index (χ3v) is 8.71. The Hall–Kier alpha value is -2.67. The number of aromatic nitrogens is 2. The molecule has 1 aromatic heterocycles. The quantitative estimate of drug-likeness (QED) is 0.291. The lowest BCUT2D eigenvalue weighted by Gasteiger charge is -2.30. The number of methoxy groups -OCH3 is 1. The molecule has 204 valence electrons. The first-order valence-corrected chi connectivity index (χ1v) is 15.6. The molecule has 0 amide bonds. The van der Waals surface area contributed by atoms with E-state index in [1.807, 2.05) is 30.5 Å². The summed E-state index contributed by atoms with van der Waals surface area (Å²) >= 11 is 0. The minimum absolute atomic E-state index is 0.183. The SMILES string of the molecule is COc1ccc(-c2cn(C3CC3)nc2F)c(C2CCC(COc3cccc([C@H](O)CP(C)(=O)O)c3)CC2)c1. The highest BCUT2D eigenvalue weighted by molar-refractivity contribution is 7.57. The van der Waals surface area contributed by atoms with Gasteiger partial charge in [-0.1, -0.05) is 18.2 Å². The van der Waals surface area contributed by atoms with Crippen LogP contribution in [-0.2, 0) is 4.57 Å². The van der Waals surface area contributed by atoms with Gasteiger partial charge in [0.25, 0.3) is 0 Å². The van der Waals surface area contributed by atoms with Gasteiger partial charge in [-0.3, -0.25) is 9.25 Å². The van der Waals surface area contributed by atoms with Crippen molar-refractivity contribution in [3.05, 3.63) is 65.7 Å². The zero-order valence-electron chi connectivity index (χ0n) is 21.9. The van der Waals surface area contributed by atoms with E-state index in [-0.39, 0.29) is 6.16 Å². The number of ether oxygens (including phenoxy) is 2. The Morgan fingerprint density at radius 1 is 1.08 bits per heavy atom. The van der Waals surface area contributed by atoms with Crippen molar-refractivity contribution in [2.75, 3.05) is 26.5 Å². The lowest BCUT2D eigenvalue weighted by Crippen LogP contribution is -2.19. The molecule has 3 aromatic rings. The molecule has 7 nitrogen and oxygen atoms in total. The molecule has 2 aromatic carbocycles. The average molecular weight is 543 g/mol. The van der Waals surface area contributed by atoms with Crippen LogP contribution in [0.25, 0.3) is 11.1 Å². The summed E-state index contributed by atoms with van der Waals surface area (Å²) in [5.74, 6) is 1.68. The predicted molar refractivity (Wildman–Crippen MR) is 145 cm³/mol. The first-order chi connectivity index (χ1) is 18.2. The third-order valence-electron chi connectivity index (χ3n) is 7.68. The van der Waals surface area contributed by atoms with Gasteiger partial charge in [0.2, 0.25) is 13.3 Å².